The van der Waals surface area contributed by atoms with Gasteiger partial charge in [-0.05, 0) is 133 Å². The Balaban J connectivity index is 0.000000181. The summed E-state index contributed by atoms with van der Waals surface area (Å²) in [6.45, 7) is 11.9. The molecule has 16 heteroatoms. The minimum Gasteiger partial charge on any atom is -0.495 e. The van der Waals surface area contributed by atoms with E-state index >= 15 is 0 Å². The van der Waals surface area contributed by atoms with Gasteiger partial charge in [-0.15, -0.1) is 11.3 Å². The maximum atomic E-state index is 13.3. The van der Waals surface area contributed by atoms with E-state index in [1.54, 1.807) is 67.2 Å². The Morgan fingerprint density at radius 2 is 1.17 bits per heavy atom. The molecule has 2 saturated heterocycles. The molecule has 346 valence electrons. The van der Waals surface area contributed by atoms with Crippen LogP contribution in [0.15, 0.2) is 141 Å². The van der Waals surface area contributed by atoms with Crippen molar-refractivity contribution < 1.29 is 26.3 Å². The highest BCUT2D eigenvalue weighted by molar-refractivity contribution is 7.93. The van der Waals surface area contributed by atoms with Gasteiger partial charge in [0.25, 0.3) is 20.0 Å². The van der Waals surface area contributed by atoms with Crippen molar-refractivity contribution in [2.45, 2.75) is 61.7 Å². The summed E-state index contributed by atoms with van der Waals surface area (Å²) >= 11 is 3.30. The van der Waals surface area contributed by atoms with Gasteiger partial charge < -0.3 is 29.9 Å². The molecule has 2 aliphatic rings. The lowest BCUT2D eigenvalue weighted by Crippen LogP contribution is -2.54. The molecular formula is C50H56N6O6S4. The Bertz CT molecular complexity index is 2960. The average Bonchev–Trinajstić information content (AvgIpc) is 4.00. The number of ether oxygens (including phenoxy) is 2. The predicted molar refractivity (Wildman–Crippen MR) is 273 cm³/mol. The fourth-order valence-corrected chi connectivity index (χ4v) is 12.5. The van der Waals surface area contributed by atoms with Crippen LogP contribution in [0.3, 0.4) is 0 Å². The molecule has 0 amide bonds. The number of hydrogen-bond donors (Lipinski definition) is 4. The van der Waals surface area contributed by atoms with E-state index in [0.29, 0.717) is 41.3 Å². The fraction of sp³-hybridized carbons (Fsp3) is 0.280. The molecule has 0 bridgehead atoms. The van der Waals surface area contributed by atoms with Crippen LogP contribution in [0.4, 0.5) is 22.7 Å². The molecule has 7 aromatic rings. The zero-order chi connectivity index (χ0) is 46.6. The average molecular weight is 965 g/mol. The van der Waals surface area contributed by atoms with E-state index in [4.69, 9.17) is 9.47 Å². The topological polar surface area (TPSA) is 141 Å². The minimum atomic E-state index is -3.80. The quantitative estimate of drug-likeness (QED) is 0.0936. The van der Waals surface area contributed by atoms with Crippen molar-refractivity contribution in [2.75, 3.05) is 59.6 Å². The molecule has 0 spiro atoms. The second kappa shape index (κ2) is 20.1. The lowest BCUT2D eigenvalue weighted by atomic mass is 10.1. The maximum absolute atomic E-state index is 13.3. The Morgan fingerprint density at radius 1 is 0.591 bits per heavy atom. The normalized spacial score (nSPS) is 18.9. The molecule has 4 atom stereocenters. The lowest BCUT2D eigenvalue weighted by molar-refractivity contribution is 0.391. The van der Waals surface area contributed by atoms with Crippen molar-refractivity contribution in [3.63, 3.8) is 0 Å². The SMILES string of the molecule is COc1ccc(N2C[C@@H](C)N[C@@H](C)C2)cc1NS(=O)(=O)c1ccc(-c2csc3ccccc23)cc1.COc1ccc(NS(=O)(=O)c2ccc(-c3ccsc3)cc2)cc1N1C[C@@H](C)N[C@@H](C)C1. The van der Waals surface area contributed by atoms with Crippen LogP contribution in [-0.2, 0) is 20.0 Å². The molecule has 0 unspecified atom stereocenters. The number of nitrogens with one attached hydrogen (secondary N) is 4. The monoisotopic (exact) mass is 964 g/mol. The van der Waals surface area contributed by atoms with Gasteiger partial charge in [0.2, 0.25) is 0 Å². The first-order valence-corrected chi connectivity index (χ1v) is 26.6. The third-order valence-corrected chi connectivity index (χ3v) is 16.1. The molecule has 2 fully saturated rings. The van der Waals surface area contributed by atoms with Gasteiger partial charge in [-0.1, -0.05) is 42.5 Å². The van der Waals surface area contributed by atoms with E-state index in [1.807, 2.05) is 83.6 Å². The number of fused-ring (bicyclic) bond motifs is 1. The summed E-state index contributed by atoms with van der Waals surface area (Å²) in [5.41, 5.74) is 6.96. The van der Waals surface area contributed by atoms with Crippen molar-refractivity contribution in [3.05, 3.63) is 131 Å². The molecule has 12 nitrogen and oxygen atoms in total. The Kier molecular flexibility index (Phi) is 14.3. The van der Waals surface area contributed by atoms with Crippen LogP contribution < -0.4 is 39.4 Å². The minimum absolute atomic E-state index is 0.206. The summed E-state index contributed by atoms with van der Waals surface area (Å²) in [6.07, 6.45) is 0. The lowest BCUT2D eigenvalue weighted by Gasteiger charge is -2.38. The Hall–Kier alpha value is -5.62. The third-order valence-electron chi connectivity index (χ3n) is 11.7. The zero-order valence-corrected chi connectivity index (χ0v) is 41.1. The fourth-order valence-electron chi connectivity index (χ4n) is 8.72. The van der Waals surface area contributed by atoms with Gasteiger partial charge in [-0.2, -0.15) is 11.3 Å². The van der Waals surface area contributed by atoms with Gasteiger partial charge in [-0.3, -0.25) is 9.44 Å². The van der Waals surface area contributed by atoms with Crippen LogP contribution in [0.25, 0.3) is 32.3 Å². The van der Waals surface area contributed by atoms with Gasteiger partial charge in [0.1, 0.15) is 11.5 Å². The molecule has 9 rings (SSSR count). The first-order chi connectivity index (χ1) is 31.7. The largest absolute Gasteiger partial charge is 0.495 e. The van der Waals surface area contributed by atoms with E-state index in [-0.39, 0.29) is 9.79 Å². The smallest absolute Gasteiger partial charge is 0.262 e. The summed E-state index contributed by atoms with van der Waals surface area (Å²) in [5.74, 6) is 1.21. The number of anilines is 4. The molecule has 4 N–H and O–H groups in total. The number of rotatable bonds is 12. The second-order valence-corrected chi connectivity index (χ2v) is 22.0. The highest BCUT2D eigenvalue weighted by atomic mass is 32.2. The molecule has 2 aromatic heterocycles. The number of thiophene rings is 2. The Labute approximate surface area is 396 Å². The van der Waals surface area contributed by atoms with E-state index in [1.165, 1.54) is 10.1 Å². The first kappa shape index (κ1) is 46.9. The maximum Gasteiger partial charge on any atom is 0.262 e. The summed E-state index contributed by atoms with van der Waals surface area (Å²) in [7, 11) is -4.33. The van der Waals surface area contributed by atoms with Crippen LogP contribution in [0.5, 0.6) is 11.5 Å². The van der Waals surface area contributed by atoms with Crippen molar-refractivity contribution in [2.24, 2.45) is 0 Å². The van der Waals surface area contributed by atoms with E-state index < -0.39 is 20.0 Å². The summed E-state index contributed by atoms with van der Waals surface area (Å²) in [5, 5.41) is 14.4. The highest BCUT2D eigenvalue weighted by Crippen LogP contribution is 2.37. The van der Waals surface area contributed by atoms with Crippen molar-refractivity contribution in [1.29, 1.82) is 0 Å². The van der Waals surface area contributed by atoms with E-state index in [2.05, 4.69) is 75.1 Å². The van der Waals surface area contributed by atoms with Crippen LogP contribution >= 0.6 is 22.7 Å². The van der Waals surface area contributed by atoms with Crippen molar-refractivity contribution >= 4 is 75.6 Å². The molecule has 2 aliphatic heterocycles. The van der Waals surface area contributed by atoms with Gasteiger partial charge >= 0.3 is 0 Å². The second-order valence-electron chi connectivity index (χ2n) is 16.9. The first-order valence-electron chi connectivity index (χ1n) is 21.8. The molecule has 0 saturated carbocycles. The highest BCUT2D eigenvalue weighted by Gasteiger charge is 2.26. The van der Waals surface area contributed by atoms with Crippen LogP contribution in [0.2, 0.25) is 0 Å². The van der Waals surface area contributed by atoms with E-state index in [0.717, 1.165) is 65.6 Å². The standard InChI is InChI=1S/C27H29N3O3S2.C23H27N3O3S2/c1-18-15-30(16-19(2)28-18)21-10-13-26(33-3)25(14-21)29-35(31,32)22-11-8-20(9-12-22)24-17-34-27-7-5-4-6-23(24)27;1-16-13-26(14-17(2)24-16)22-12-20(6-9-23(22)29-3)25-31(27,28)21-7-4-18(5-8-21)19-10-11-30-15-19/h4-14,17-19,28-29H,15-16H2,1-3H3;4-12,15-17,24-25H,13-14H2,1-3H3/t18-,19+;16-,17+. The summed E-state index contributed by atoms with van der Waals surface area (Å²) in [4.78, 5) is 4.94. The zero-order valence-electron chi connectivity index (χ0n) is 37.8. The number of hydrogen-bond acceptors (Lipinski definition) is 12. The number of nitrogens with zero attached hydrogens (tertiary/aromatic N) is 2. The van der Waals surface area contributed by atoms with Crippen molar-refractivity contribution in [3.8, 4) is 33.8 Å². The summed E-state index contributed by atoms with van der Waals surface area (Å²) < 4.78 is 70.2. The predicted octanol–water partition coefficient (Wildman–Crippen LogP) is 9.98. The molecule has 5 aromatic carbocycles. The van der Waals surface area contributed by atoms with Crippen LogP contribution in [0.1, 0.15) is 27.7 Å². The van der Waals surface area contributed by atoms with Crippen LogP contribution in [0, 0.1) is 0 Å². The third kappa shape index (κ3) is 10.8. The number of benzene rings is 5. The van der Waals surface area contributed by atoms with Crippen molar-refractivity contribution in [1.82, 2.24) is 10.6 Å². The van der Waals surface area contributed by atoms with Gasteiger partial charge in [0.15, 0.2) is 0 Å². The van der Waals surface area contributed by atoms with Gasteiger partial charge in [-0.25, -0.2) is 16.8 Å². The Morgan fingerprint density at radius 3 is 1.77 bits per heavy atom. The van der Waals surface area contributed by atoms with Gasteiger partial charge in [0.05, 0.1) is 41.1 Å². The van der Waals surface area contributed by atoms with Gasteiger partial charge in [0, 0.05) is 71.7 Å². The molecular weight excluding hydrogens is 909 g/mol. The number of methoxy groups -OCH3 is 2. The van der Waals surface area contributed by atoms with Crippen LogP contribution in [-0.4, -0.2) is 81.4 Å². The number of sulfonamides is 2. The molecule has 66 heavy (non-hydrogen) atoms. The molecule has 0 radical (unpaired) electrons. The van der Waals surface area contributed by atoms with E-state index in [9.17, 15) is 16.8 Å². The summed E-state index contributed by atoms with van der Waals surface area (Å²) in [6, 6.07) is 36.6. The number of piperazine rings is 2. The molecule has 4 heterocycles. The molecule has 0 aliphatic carbocycles.